The molecule has 6 heteroatoms. The van der Waals surface area contributed by atoms with Crippen molar-refractivity contribution in [1.82, 2.24) is 20.2 Å². The summed E-state index contributed by atoms with van der Waals surface area (Å²) in [6.07, 6.45) is 8.99. The van der Waals surface area contributed by atoms with Crippen LogP contribution in [0.25, 0.3) is 0 Å². The van der Waals surface area contributed by atoms with Crippen LogP contribution in [0.1, 0.15) is 31.2 Å². The topological polar surface area (TPSA) is 59.0 Å². The smallest absolute Gasteiger partial charge is 0.315 e. The number of imidazole rings is 1. The number of aromatic nitrogens is 2. The molecule has 1 aromatic carbocycles. The van der Waals surface area contributed by atoms with Gasteiger partial charge in [-0.2, -0.15) is 0 Å². The highest BCUT2D eigenvalue weighted by molar-refractivity contribution is 7.99. The molecule has 1 saturated carbocycles. The third kappa shape index (κ3) is 5.53. The standard InChI is InChI=1S/C19H26N4OS/c1-23-14-13-21-19(23)25-17-9-7-16(8-10-17)22-18(24)20-12-11-15-5-3-2-4-6-15/h2-6,13-14,16-17H,7-12H2,1H3,(H2,20,22,24). The first-order valence-corrected chi connectivity index (χ1v) is 9.81. The van der Waals surface area contributed by atoms with Gasteiger partial charge < -0.3 is 15.2 Å². The maximum Gasteiger partial charge on any atom is 0.315 e. The molecule has 0 saturated heterocycles. The van der Waals surface area contributed by atoms with Crippen LogP contribution in [0.15, 0.2) is 47.9 Å². The maximum absolute atomic E-state index is 12.0. The van der Waals surface area contributed by atoms with Gasteiger partial charge in [0.25, 0.3) is 0 Å². The summed E-state index contributed by atoms with van der Waals surface area (Å²) in [5.41, 5.74) is 1.25. The van der Waals surface area contributed by atoms with E-state index < -0.39 is 0 Å². The summed E-state index contributed by atoms with van der Waals surface area (Å²) in [7, 11) is 2.03. The lowest BCUT2D eigenvalue weighted by Crippen LogP contribution is -2.44. The zero-order chi connectivity index (χ0) is 17.5. The third-order valence-electron chi connectivity index (χ3n) is 4.60. The monoisotopic (exact) mass is 358 g/mol. The van der Waals surface area contributed by atoms with Crippen molar-refractivity contribution in [3.63, 3.8) is 0 Å². The summed E-state index contributed by atoms with van der Waals surface area (Å²) in [6, 6.07) is 10.5. The van der Waals surface area contributed by atoms with Gasteiger partial charge in [0.1, 0.15) is 0 Å². The largest absolute Gasteiger partial charge is 0.338 e. The lowest BCUT2D eigenvalue weighted by Gasteiger charge is -2.28. The molecule has 1 aliphatic carbocycles. The van der Waals surface area contributed by atoms with Crippen LogP contribution >= 0.6 is 11.8 Å². The van der Waals surface area contributed by atoms with E-state index in [0.717, 1.165) is 37.3 Å². The Kier molecular flexibility index (Phi) is 6.39. The second kappa shape index (κ2) is 8.94. The van der Waals surface area contributed by atoms with Crippen molar-refractivity contribution >= 4 is 17.8 Å². The van der Waals surface area contributed by atoms with Gasteiger partial charge in [0, 0.05) is 37.3 Å². The third-order valence-corrected chi connectivity index (χ3v) is 6.01. The molecule has 2 aromatic rings. The van der Waals surface area contributed by atoms with Crippen molar-refractivity contribution < 1.29 is 4.79 Å². The van der Waals surface area contributed by atoms with E-state index in [0.29, 0.717) is 11.8 Å². The summed E-state index contributed by atoms with van der Waals surface area (Å²) in [5, 5.41) is 7.76. The number of aryl methyl sites for hydroxylation is 1. The van der Waals surface area contributed by atoms with E-state index in [4.69, 9.17) is 0 Å². The Hall–Kier alpha value is -1.95. The molecule has 1 fully saturated rings. The summed E-state index contributed by atoms with van der Waals surface area (Å²) in [4.78, 5) is 16.4. The van der Waals surface area contributed by atoms with Gasteiger partial charge in [-0.25, -0.2) is 9.78 Å². The minimum Gasteiger partial charge on any atom is -0.338 e. The van der Waals surface area contributed by atoms with E-state index >= 15 is 0 Å². The van der Waals surface area contributed by atoms with Crippen LogP contribution in [0.5, 0.6) is 0 Å². The molecule has 0 spiro atoms. The molecule has 5 nitrogen and oxygen atoms in total. The number of hydrogen-bond acceptors (Lipinski definition) is 3. The predicted molar refractivity (Wildman–Crippen MR) is 102 cm³/mol. The molecule has 25 heavy (non-hydrogen) atoms. The van der Waals surface area contributed by atoms with E-state index in [1.54, 1.807) is 0 Å². The van der Waals surface area contributed by atoms with Crippen molar-refractivity contribution in [2.24, 2.45) is 7.05 Å². The molecule has 0 radical (unpaired) electrons. The first-order valence-electron chi connectivity index (χ1n) is 8.93. The molecule has 1 heterocycles. The number of urea groups is 1. The first kappa shape index (κ1) is 17.9. The van der Waals surface area contributed by atoms with Gasteiger partial charge in [0.05, 0.1) is 0 Å². The molecule has 1 aromatic heterocycles. The van der Waals surface area contributed by atoms with E-state index in [1.807, 2.05) is 49.4 Å². The van der Waals surface area contributed by atoms with Crippen molar-refractivity contribution in [2.75, 3.05) is 6.54 Å². The highest BCUT2D eigenvalue weighted by atomic mass is 32.2. The molecule has 2 amide bonds. The second-order valence-electron chi connectivity index (χ2n) is 6.55. The predicted octanol–water partition coefficient (Wildman–Crippen LogP) is 3.37. The first-order chi connectivity index (χ1) is 12.2. The average molecular weight is 359 g/mol. The highest BCUT2D eigenvalue weighted by Gasteiger charge is 2.24. The molecular weight excluding hydrogens is 332 g/mol. The van der Waals surface area contributed by atoms with Gasteiger partial charge in [-0.15, -0.1) is 0 Å². The van der Waals surface area contributed by atoms with Crippen molar-refractivity contribution in [2.45, 2.75) is 48.6 Å². The molecule has 134 valence electrons. The Labute approximate surface area is 153 Å². The van der Waals surface area contributed by atoms with E-state index in [2.05, 4.69) is 32.3 Å². The van der Waals surface area contributed by atoms with Gasteiger partial charge in [0.15, 0.2) is 5.16 Å². The van der Waals surface area contributed by atoms with Crippen LogP contribution in [0.4, 0.5) is 4.79 Å². The van der Waals surface area contributed by atoms with E-state index in [1.165, 1.54) is 5.56 Å². The van der Waals surface area contributed by atoms with E-state index in [-0.39, 0.29) is 12.1 Å². The molecule has 0 atom stereocenters. The number of carbonyl (C=O) groups is 1. The molecule has 2 N–H and O–H groups in total. The Morgan fingerprint density at radius 2 is 2.00 bits per heavy atom. The van der Waals surface area contributed by atoms with Gasteiger partial charge in [-0.05, 0) is 37.7 Å². The van der Waals surface area contributed by atoms with Crippen LogP contribution in [-0.4, -0.2) is 33.4 Å². The lowest BCUT2D eigenvalue weighted by molar-refractivity contribution is 0.233. The molecule has 1 aliphatic rings. The number of carbonyl (C=O) groups excluding carboxylic acids is 1. The Balaban J connectivity index is 1.33. The zero-order valence-electron chi connectivity index (χ0n) is 14.6. The summed E-state index contributed by atoms with van der Waals surface area (Å²) in [6.45, 7) is 0.667. The Bertz CT molecular complexity index is 665. The molecule has 0 aliphatic heterocycles. The van der Waals surface area contributed by atoms with Gasteiger partial charge in [-0.3, -0.25) is 0 Å². The quantitative estimate of drug-likeness (QED) is 0.832. The summed E-state index contributed by atoms with van der Waals surface area (Å²) >= 11 is 1.85. The van der Waals surface area contributed by atoms with Gasteiger partial charge >= 0.3 is 6.03 Å². The zero-order valence-corrected chi connectivity index (χ0v) is 15.5. The van der Waals surface area contributed by atoms with Crippen LogP contribution in [-0.2, 0) is 13.5 Å². The Morgan fingerprint density at radius 1 is 1.24 bits per heavy atom. The fourth-order valence-corrected chi connectivity index (χ4v) is 4.30. The molecule has 0 bridgehead atoms. The molecule has 0 unspecified atom stereocenters. The SMILES string of the molecule is Cn1ccnc1SC1CCC(NC(=O)NCCc2ccccc2)CC1. The van der Waals surface area contributed by atoms with Crippen LogP contribution in [0, 0.1) is 0 Å². The minimum absolute atomic E-state index is 0.0452. The number of benzene rings is 1. The molecule has 3 rings (SSSR count). The van der Waals surface area contributed by atoms with Gasteiger partial charge in [-0.1, -0.05) is 42.1 Å². The number of hydrogen-bond donors (Lipinski definition) is 2. The fourth-order valence-electron chi connectivity index (χ4n) is 3.14. The second-order valence-corrected chi connectivity index (χ2v) is 7.82. The van der Waals surface area contributed by atoms with Gasteiger partial charge in [0.2, 0.25) is 0 Å². The van der Waals surface area contributed by atoms with Crippen LogP contribution in [0.3, 0.4) is 0 Å². The number of thioether (sulfide) groups is 1. The minimum atomic E-state index is -0.0452. The average Bonchev–Trinajstić information content (AvgIpc) is 3.02. The van der Waals surface area contributed by atoms with Crippen molar-refractivity contribution in [1.29, 1.82) is 0 Å². The number of amides is 2. The van der Waals surface area contributed by atoms with E-state index in [9.17, 15) is 4.79 Å². The number of rotatable bonds is 6. The Morgan fingerprint density at radius 3 is 2.68 bits per heavy atom. The van der Waals surface area contributed by atoms with Crippen LogP contribution < -0.4 is 10.6 Å². The molecular formula is C19H26N4OS. The maximum atomic E-state index is 12.0. The van der Waals surface area contributed by atoms with Crippen molar-refractivity contribution in [3.05, 3.63) is 48.3 Å². The summed E-state index contributed by atoms with van der Waals surface area (Å²) in [5.74, 6) is 0. The van der Waals surface area contributed by atoms with Crippen molar-refractivity contribution in [3.8, 4) is 0 Å². The summed E-state index contributed by atoms with van der Waals surface area (Å²) < 4.78 is 2.06. The van der Waals surface area contributed by atoms with Crippen LogP contribution in [0.2, 0.25) is 0 Å². The number of nitrogens with zero attached hydrogens (tertiary/aromatic N) is 2. The lowest BCUT2D eigenvalue weighted by atomic mass is 9.95. The highest BCUT2D eigenvalue weighted by Crippen LogP contribution is 2.32. The normalized spacial score (nSPS) is 20.2. The number of nitrogens with one attached hydrogen (secondary N) is 2. The fraction of sp³-hybridized carbons (Fsp3) is 0.474.